The third-order valence-corrected chi connectivity index (χ3v) is 4.22. The van der Waals surface area contributed by atoms with Crippen molar-refractivity contribution in [2.45, 2.75) is 45.3 Å². The molecule has 0 aromatic heterocycles. The highest BCUT2D eigenvalue weighted by atomic mass is 15.5. The molecule has 2 heterocycles. The highest BCUT2D eigenvalue weighted by Crippen LogP contribution is 2.39. The van der Waals surface area contributed by atoms with Gasteiger partial charge in [0.05, 0.1) is 13.1 Å². The van der Waals surface area contributed by atoms with Gasteiger partial charge in [0.2, 0.25) is 0 Å². The number of nitrogens with zero attached hydrogens (tertiary/aromatic N) is 2. The molecule has 2 aliphatic rings. The summed E-state index contributed by atoms with van der Waals surface area (Å²) in [5, 5.41) is 0. The third kappa shape index (κ3) is 1.41. The molecule has 2 nitrogen and oxygen atoms in total. The Balaban J connectivity index is 2.02. The van der Waals surface area contributed by atoms with Gasteiger partial charge in [-0.3, -0.25) is 9.38 Å². The molecule has 2 aliphatic heterocycles. The van der Waals surface area contributed by atoms with E-state index >= 15 is 0 Å². The molecule has 5 atom stereocenters. The summed E-state index contributed by atoms with van der Waals surface area (Å²) in [6.07, 6.45) is 1.21. The van der Waals surface area contributed by atoms with Crippen molar-refractivity contribution in [3.63, 3.8) is 0 Å². The molecule has 0 N–H and O–H groups in total. The second-order valence-corrected chi connectivity index (χ2v) is 5.26. The Morgan fingerprint density at radius 2 is 2.07 bits per heavy atom. The SMILES string of the molecule is C=C(C(CC)N1CC1C)[N+]1(C)CC1C. The molecule has 0 radical (unpaired) electrons. The molecule has 0 aromatic rings. The molecule has 80 valence electrons. The van der Waals surface area contributed by atoms with E-state index < -0.39 is 0 Å². The normalized spacial score (nSPS) is 47.3. The first-order chi connectivity index (χ1) is 6.50. The average molecular weight is 195 g/mol. The van der Waals surface area contributed by atoms with E-state index in [1.165, 1.54) is 25.2 Å². The summed E-state index contributed by atoms with van der Waals surface area (Å²) in [6, 6.07) is 2.21. The van der Waals surface area contributed by atoms with Crippen molar-refractivity contribution < 1.29 is 4.48 Å². The van der Waals surface area contributed by atoms with Crippen molar-refractivity contribution >= 4 is 0 Å². The van der Waals surface area contributed by atoms with Crippen LogP contribution in [0.2, 0.25) is 0 Å². The molecule has 5 unspecified atom stereocenters. The Kier molecular flexibility index (Phi) is 2.24. The molecule has 2 fully saturated rings. The van der Waals surface area contributed by atoms with Gasteiger partial charge in [0.15, 0.2) is 0 Å². The van der Waals surface area contributed by atoms with Gasteiger partial charge in [-0.05, 0) is 26.8 Å². The lowest BCUT2D eigenvalue weighted by Gasteiger charge is -2.24. The molecule has 2 saturated heterocycles. The lowest BCUT2D eigenvalue weighted by molar-refractivity contribution is -0.751. The van der Waals surface area contributed by atoms with Gasteiger partial charge in [-0.25, -0.2) is 0 Å². The van der Waals surface area contributed by atoms with Crippen LogP contribution in [-0.4, -0.2) is 47.6 Å². The highest BCUT2D eigenvalue weighted by Gasteiger charge is 2.54. The Hall–Kier alpha value is -0.340. The molecule has 0 aliphatic carbocycles. The van der Waals surface area contributed by atoms with E-state index in [0.717, 1.165) is 16.6 Å². The Morgan fingerprint density at radius 1 is 1.57 bits per heavy atom. The zero-order valence-corrected chi connectivity index (χ0v) is 9.95. The van der Waals surface area contributed by atoms with Crippen LogP contribution in [0.15, 0.2) is 12.3 Å². The number of likely N-dealkylation sites (N-methyl/N-ethyl adjacent to an activating group) is 1. The van der Waals surface area contributed by atoms with Gasteiger partial charge in [0.1, 0.15) is 18.3 Å². The van der Waals surface area contributed by atoms with Gasteiger partial charge in [0.25, 0.3) is 0 Å². The Bertz CT molecular complexity index is 261. The van der Waals surface area contributed by atoms with Crippen LogP contribution < -0.4 is 0 Å². The third-order valence-electron chi connectivity index (χ3n) is 4.22. The fourth-order valence-corrected chi connectivity index (χ4v) is 2.60. The van der Waals surface area contributed by atoms with Crippen LogP contribution in [0, 0.1) is 0 Å². The van der Waals surface area contributed by atoms with E-state index in [-0.39, 0.29) is 0 Å². The first-order valence-corrected chi connectivity index (χ1v) is 5.81. The van der Waals surface area contributed by atoms with E-state index in [1.807, 2.05) is 0 Å². The van der Waals surface area contributed by atoms with E-state index in [0.29, 0.717) is 6.04 Å². The minimum absolute atomic E-state index is 0.625. The smallest absolute Gasteiger partial charge is 0.141 e. The molecule has 14 heavy (non-hydrogen) atoms. The number of quaternary nitrogens is 1. The second kappa shape index (κ2) is 3.07. The fourth-order valence-electron chi connectivity index (χ4n) is 2.60. The molecular weight excluding hydrogens is 172 g/mol. The minimum atomic E-state index is 0.625. The standard InChI is InChI=1S/C12H23N2/c1-6-12(13-7-9(13)2)11(4)14(5)8-10(14)3/h9-10,12H,4,6-8H2,1-3,5H3/q+1. The molecule has 0 aromatic carbocycles. The van der Waals surface area contributed by atoms with E-state index in [1.54, 1.807) is 0 Å². The van der Waals surface area contributed by atoms with Gasteiger partial charge < -0.3 is 0 Å². The van der Waals surface area contributed by atoms with Gasteiger partial charge in [-0.15, -0.1) is 0 Å². The summed E-state index contributed by atoms with van der Waals surface area (Å²) in [5.41, 5.74) is 1.43. The number of rotatable bonds is 4. The zero-order chi connectivity index (χ0) is 10.5. The molecular formula is C12H23N2+. The quantitative estimate of drug-likeness (QED) is 0.488. The number of hydrogen-bond donors (Lipinski definition) is 0. The first kappa shape index (κ1) is 10.2. The molecule has 2 heteroatoms. The summed E-state index contributed by atoms with van der Waals surface area (Å²) in [6.45, 7) is 13.8. The predicted octanol–water partition coefficient (Wildman–Crippen LogP) is 1.83. The molecule has 0 bridgehead atoms. The zero-order valence-electron chi connectivity index (χ0n) is 9.95. The van der Waals surface area contributed by atoms with Crippen molar-refractivity contribution in [1.82, 2.24) is 4.90 Å². The van der Waals surface area contributed by atoms with Crippen LogP contribution in [-0.2, 0) is 0 Å². The van der Waals surface area contributed by atoms with E-state index in [2.05, 4.69) is 39.3 Å². The van der Waals surface area contributed by atoms with Crippen LogP contribution in [0.5, 0.6) is 0 Å². The maximum Gasteiger partial charge on any atom is 0.141 e. The van der Waals surface area contributed by atoms with E-state index in [4.69, 9.17) is 0 Å². The first-order valence-electron chi connectivity index (χ1n) is 5.81. The van der Waals surface area contributed by atoms with Gasteiger partial charge >= 0.3 is 0 Å². The number of hydrogen-bond acceptors (Lipinski definition) is 1. The van der Waals surface area contributed by atoms with Crippen LogP contribution >= 0.6 is 0 Å². The summed E-state index contributed by atoms with van der Waals surface area (Å²) in [4.78, 5) is 2.57. The largest absolute Gasteiger partial charge is 0.286 e. The highest BCUT2D eigenvalue weighted by molar-refractivity contribution is 5.07. The summed E-state index contributed by atoms with van der Waals surface area (Å²) in [5.74, 6) is 0. The van der Waals surface area contributed by atoms with Crippen LogP contribution in [0.25, 0.3) is 0 Å². The Labute approximate surface area is 87.8 Å². The van der Waals surface area contributed by atoms with Crippen molar-refractivity contribution in [3.8, 4) is 0 Å². The van der Waals surface area contributed by atoms with Crippen molar-refractivity contribution in [2.24, 2.45) is 0 Å². The minimum Gasteiger partial charge on any atom is -0.286 e. The van der Waals surface area contributed by atoms with Gasteiger partial charge in [-0.1, -0.05) is 6.92 Å². The van der Waals surface area contributed by atoms with Gasteiger partial charge in [0, 0.05) is 12.6 Å². The van der Waals surface area contributed by atoms with Crippen molar-refractivity contribution in [1.29, 1.82) is 0 Å². The molecule has 2 rings (SSSR count). The second-order valence-electron chi connectivity index (χ2n) is 5.26. The maximum atomic E-state index is 4.34. The van der Waals surface area contributed by atoms with E-state index in [9.17, 15) is 0 Å². The summed E-state index contributed by atoms with van der Waals surface area (Å²) >= 11 is 0. The van der Waals surface area contributed by atoms with Crippen LogP contribution in [0.4, 0.5) is 0 Å². The van der Waals surface area contributed by atoms with Crippen LogP contribution in [0.3, 0.4) is 0 Å². The topological polar surface area (TPSA) is 3.01 Å². The predicted molar refractivity (Wildman–Crippen MR) is 59.9 cm³/mol. The lowest BCUT2D eigenvalue weighted by atomic mass is 10.1. The molecule has 0 amide bonds. The van der Waals surface area contributed by atoms with Crippen molar-refractivity contribution in [3.05, 3.63) is 12.3 Å². The molecule has 0 spiro atoms. The average Bonchev–Trinajstić information content (AvgIpc) is 2.97. The monoisotopic (exact) mass is 195 g/mol. The summed E-state index contributed by atoms with van der Waals surface area (Å²) in [7, 11) is 2.32. The maximum absolute atomic E-state index is 4.34. The lowest BCUT2D eigenvalue weighted by Crippen LogP contribution is -2.34. The van der Waals surface area contributed by atoms with Crippen molar-refractivity contribution in [2.75, 3.05) is 20.1 Å². The van der Waals surface area contributed by atoms with Gasteiger partial charge in [-0.2, -0.15) is 0 Å². The molecule has 0 saturated carbocycles. The fraction of sp³-hybridized carbons (Fsp3) is 0.833. The summed E-state index contributed by atoms with van der Waals surface area (Å²) < 4.78 is 1.11. The Morgan fingerprint density at radius 3 is 2.36 bits per heavy atom. The van der Waals surface area contributed by atoms with Crippen LogP contribution in [0.1, 0.15) is 27.2 Å².